The van der Waals surface area contributed by atoms with E-state index in [1.807, 2.05) is 17.1 Å². The summed E-state index contributed by atoms with van der Waals surface area (Å²) in [6.45, 7) is 1.39. The molecule has 53 heavy (non-hydrogen) atoms. The molecule has 1 aromatic carbocycles. The molecule has 0 bridgehead atoms. The van der Waals surface area contributed by atoms with Crippen molar-refractivity contribution in [3.63, 3.8) is 0 Å². The zero-order chi connectivity index (χ0) is 37.3. The second-order valence-electron chi connectivity index (χ2n) is 15.1. The Morgan fingerprint density at radius 3 is 2.57 bits per heavy atom. The first-order chi connectivity index (χ1) is 25.5. The molecule has 5 aliphatic rings. The molecule has 2 aromatic rings. The van der Waals surface area contributed by atoms with Gasteiger partial charge < -0.3 is 24.6 Å². The lowest BCUT2D eigenvalue weighted by Gasteiger charge is -2.31. The largest absolute Gasteiger partial charge is 0.495 e. The van der Waals surface area contributed by atoms with Crippen LogP contribution in [0.25, 0.3) is 10.8 Å². The van der Waals surface area contributed by atoms with E-state index in [2.05, 4.69) is 15.0 Å². The van der Waals surface area contributed by atoms with Crippen LogP contribution in [-0.2, 0) is 29.2 Å². The molecule has 0 radical (unpaired) electrons. The standard InChI is InChI=1S/C38H48ClN5O8S/c1-51-31-15-14-29-28(33(31)39)16-17-40-35(29)52-26-21-30-34(46)41-38(37(48)42-53(49,50)27-12-13-27)22-25(38)11-7-4-2-3-6-10-24(36(47)44(30)23-26)20-32(45)43-18-8-5-9-19-43/h7,11,14-17,24-27,30H,2-6,8-10,12-13,18-23H2,1H3,(H,41,46)(H,42,48)/b11-7-/t24-,25-,26-,30+,38-/m1/s1. The number of nitrogens with one attached hydrogen (secondary N) is 2. The molecule has 3 aliphatic heterocycles. The van der Waals surface area contributed by atoms with E-state index in [1.165, 1.54) is 12.0 Å². The van der Waals surface area contributed by atoms with E-state index in [1.54, 1.807) is 24.4 Å². The maximum Gasteiger partial charge on any atom is 0.259 e. The number of hydrogen-bond acceptors (Lipinski definition) is 9. The van der Waals surface area contributed by atoms with Gasteiger partial charge in [0, 0.05) is 54.7 Å². The van der Waals surface area contributed by atoms with Gasteiger partial charge in [0.05, 0.1) is 23.9 Å². The number of fused-ring (bicyclic) bond motifs is 3. The van der Waals surface area contributed by atoms with E-state index in [0.717, 1.165) is 44.9 Å². The van der Waals surface area contributed by atoms with Crippen molar-refractivity contribution in [1.82, 2.24) is 24.8 Å². The summed E-state index contributed by atoms with van der Waals surface area (Å²) in [5.74, 6) is -1.99. The zero-order valence-corrected chi connectivity index (χ0v) is 31.6. The lowest BCUT2D eigenvalue weighted by Crippen LogP contribution is -2.57. The van der Waals surface area contributed by atoms with E-state index in [9.17, 15) is 27.6 Å². The molecule has 1 aromatic heterocycles. The van der Waals surface area contributed by atoms with Gasteiger partial charge in [0.1, 0.15) is 23.4 Å². The number of amides is 4. The average molecular weight is 770 g/mol. The van der Waals surface area contributed by atoms with Crippen molar-refractivity contribution in [3.8, 4) is 11.6 Å². The molecular formula is C38H48ClN5O8S. The van der Waals surface area contributed by atoms with Gasteiger partial charge in [-0.1, -0.05) is 36.6 Å². The highest BCUT2D eigenvalue weighted by molar-refractivity contribution is 7.91. The third-order valence-electron chi connectivity index (χ3n) is 11.4. The van der Waals surface area contributed by atoms with Gasteiger partial charge >= 0.3 is 0 Å². The number of rotatable bonds is 8. The molecule has 286 valence electrons. The van der Waals surface area contributed by atoms with Crippen molar-refractivity contribution in [2.45, 2.75) is 106 Å². The minimum absolute atomic E-state index is 0.0475. The first-order valence-electron chi connectivity index (χ1n) is 18.9. The maximum atomic E-state index is 14.6. The number of carbonyl (C=O) groups excluding carboxylic acids is 4. The van der Waals surface area contributed by atoms with Crippen LogP contribution in [0.1, 0.15) is 83.5 Å². The molecule has 5 atom stereocenters. The van der Waals surface area contributed by atoms with Crippen LogP contribution in [0, 0.1) is 11.8 Å². The van der Waals surface area contributed by atoms with Crippen molar-refractivity contribution >= 4 is 56.0 Å². The third kappa shape index (κ3) is 7.99. The molecule has 2 saturated heterocycles. The number of carbonyl (C=O) groups is 4. The molecule has 4 fully saturated rings. The first kappa shape index (κ1) is 37.4. The van der Waals surface area contributed by atoms with Gasteiger partial charge in [-0.2, -0.15) is 0 Å². The Kier molecular flexibility index (Phi) is 10.9. The van der Waals surface area contributed by atoms with E-state index in [4.69, 9.17) is 21.1 Å². The predicted octanol–water partition coefficient (Wildman–Crippen LogP) is 4.27. The number of hydrogen-bond donors (Lipinski definition) is 2. The predicted molar refractivity (Wildman–Crippen MR) is 198 cm³/mol. The molecule has 0 spiro atoms. The van der Waals surface area contributed by atoms with Crippen LogP contribution in [0.3, 0.4) is 0 Å². The summed E-state index contributed by atoms with van der Waals surface area (Å²) < 4.78 is 39.7. The third-order valence-corrected chi connectivity index (χ3v) is 13.6. The Morgan fingerprint density at radius 1 is 1.04 bits per heavy atom. The fourth-order valence-electron chi connectivity index (χ4n) is 8.04. The molecule has 2 saturated carbocycles. The molecule has 15 heteroatoms. The van der Waals surface area contributed by atoms with Crippen LogP contribution in [-0.4, -0.2) is 96.5 Å². The van der Waals surface area contributed by atoms with Crippen LogP contribution in [0.4, 0.5) is 0 Å². The Balaban J connectivity index is 1.19. The summed E-state index contributed by atoms with van der Waals surface area (Å²) in [7, 11) is -2.35. The highest BCUT2D eigenvalue weighted by Gasteiger charge is 2.62. The van der Waals surface area contributed by atoms with Crippen molar-refractivity contribution in [3.05, 3.63) is 41.6 Å². The normalized spacial score (nSPS) is 28.9. The van der Waals surface area contributed by atoms with Crippen LogP contribution in [0.5, 0.6) is 11.6 Å². The molecule has 13 nitrogen and oxygen atoms in total. The minimum Gasteiger partial charge on any atom is -0.495 e. The SMILES string of the molecule is COc1ccc2c(O[C@@H]3C[C@H]4C(=O)N[C@]5(C(=O)NS(=O)(=O)C6CC6)C[C@H]5/C=C\CCCCC[C@H](CC(=O)N5CCCCC5)C(=O)N4C3)nccc2c1Cl. The number of sulfonamides is 1. The highest BCUT2D eigenvalue weighted by Crippen LogP contribution is 2.46. The summed E-state index contributed by atoms with van der Waals surface area (Å²) in [5, 5.41) is 3.99. The van der Waals surface area contributed by atoms with E-state index in [0.29, 0.717) is 53.9 Å². The fourth-order valence-corrected chi connectivity index (χ4v) is 9.71. The minimum atomic E-state index is -3.87. The molecule has 2 N–H and O–H groups in total. The van der Waals surface area contributed by atoms with Gasteiger partial charge in [0.15, 0.2) is 0 Å². The summed E-state index contributed by atoms with van der Waals surface area (Å²) in [4.78, 5) is 64.1. The molecule has 7 rings (SSSR count). The number of likely N-dealkylation sites (tertiary alicyclic amines) is 1. The second-order valence-corrected chi connectivity index (χ2v) is 17.5. The highest BCUT2D eigenvalue weighted by atomic mass is 35.5. The summed E-state index contributed by atoms with van der Waals surface area (Å²) in [5.41, 5.74) is -1.47. The monoisotopic (exact) mass is 769 g/mol. The molecule has 4 amide bonds. The van der Waals surface area contributed by atoms with E-state index >= 15 is 0 Å². The topological polar surface area (TPSA) is 164 Å². The number of pyridine rings is 1. The Morgan fingerprint density at radius 2 is 1.81 bits per heavy atom. The van der Waals surface area contributed by atoms with Gasteiger partial charge in [-0.3, -0.25) is 23.9 Å². The number of aromatic nitrogens is 1. The number of piperidine rings is 1. The number of benzene rings is 1. The number of halogens is 1. The van der Waals surface area contributed by atoms with Gasteiger partial charge in [-0.15, -0.1) is 0 Å². The van der Waals surface area contributed by atoms with Crippen molar-refractivity contribution in [2.75, 3.05) is 26.7 Å². The van der Waals surface area contributed by atoms with E-state index < -0.39 is 56.6 Å². The average Bonchev–Trinajstić information content (AvgIpc) is 4.08. The van der Waals surface area contributed by atoms with Gasteiger partial charge in [-0.05, 0) is 76.0 Å². The summed E-state index contributed by atoms with van der Waals surface area (Å²) in [6.07, 6.45) is 12.7. The van der Waals surface area contributed by atoms with Gasteiger partial charge in [0.2, 0.25) is 33.6 Å². The van der Waals surface area contributed by atoms with Crippen molar-refractivity contribution < 1.29 is 37.1 Å². The summed E-state index contributed by atoms with van der Waals surface area (Å²) >= 11 is 6.61. The smallest absolute Gasteiger partial charge is 0.259 e. The van der Waals surface area contributed by atoms with Gasteiger partial charge in [0.25, 0.3) is 5.91 Å². The Bertz CT molecular complexity index is 1900. The number of nitrogens with zero attached hydrogens (tertiary/aromatic N) is 3. The van der Waals surface area contributed by atoms with Crippen LogP contribution in [0.2, 0.25) is 5.02 Å². The summed E-state index contributed by atoms with van der Waals surface area (Å²) in [6, 6.07) is 4.21. The lowest BCUT2D eigenvalue weighted by molar-refractivity contribution is -0.145. The van der Waals surface area contributed by atoms with Crippen LogP contribution < -0.4 is 19.5 Å². The van der Waals surface area contributed by atoms with Crippen molar-refractivity contribution in [1.29, 1.82) is 0 Å². The number of methoxy groups -OCH3 is 1. The second kappa shape index (κ2) is 15.4. The first-order valence-corrected chi connectivity index (χ1v) is 20.8. The number of ether oxygens (including phenoxy) is 2. The maximum absolute atomic E-state index is 14.6. The quantitative estimate of drug-likeness (QED) is 0.374. The molecule has 0 unspecified atom stereocenters. The molecule has 2 aliphatic carbocycles. The van der Waals surface area contributed by atoms with E-state index in [-0.39, 0.29) is 43.5 Å². The lowest BCUT2D eigenvalue weighted by atomic mass is 9.94. The van der Waals surface area contributed by atoms with Gasteiger partial charge in [-0.25, -0.2) is 13.4 Å². The molecular weight excluding hydrogens is 722 g/mol. The fraction of sp³-hybridized carbons (Fsp3) is 0.605. The number of allylic oxidation sites excluding steroid dienone is 1. The Labute approximate surface area is 315 Å². The zero-order valence-electron chi connectivity index (χ0n) is 30.1. The van der Waals surface area contributed by atoms with Crippen molar-refractivity contribution in [2.24, 2.45) is 11.8 Å². The molecule has 4 heterocycles. The van der Waals surface area contributed by atoms with Crippen LogP contribution >= 0.6 is 11.6 Å². The Hall–Kier alpha value is -3.91. The van der Waals surface area contributed by atoms with Crippen LogP contribution in [0.15, 0.2) is 36.5 Å².